The Labute approximate surface area is 86.8 Å². The van der Waals surface area contributed by atoms with E-state index in [1.54, 1.807) is 0 Å². The van der Waals surface area contributed by atoms with Crippen LogP contribution in [0.2, 0.25) is 0 Å². The van der Waals surface area contributed by atoms with Crippen LogP contribution in [0.4, 0.5) is 17.6 Å². The third kappa shape index (κ3) is 2.65. The van der Waals surface area contributed by atoms with E-state index in [9.17, 15) is 22.5 Å². The zero-order valence-electron chi connectivity index (χ0n) is 7.05. The monoisotopic (exact) mass is 241 g/mol. The van der Waals surface area contributed by atoms with E-state index in [0.29, 0.717) is 12.1 Å². The average Bonchev–Trinajstić information content (AvgIpc) is 2.14. The Hall–Kier alpha value is -1.17. The van der Waals surface area contributed by atoms with Crippen LogP contribution in [0, 0.1) is 10.7 Å². The molecule has 0 spiro atoms. The van der Waals surface area contributed by atoms with Gasteiger partial charge in [0.2, 0.25) is 0 Å². The second-order valence-electron chi connectivity index (χ2n) is 2.68. The zero-order valence-corrected chi connectivity index (χ0v) is 7.81. The van der Waals surface area contributed by atoms with Crippen LogP contribution in [-0.4, -0.2) is 0 Å². The van der Waals surface area contributed by atoms with E-state index in [4.69, 9.17) is 11.6 Å². The molecule has 0 aliphatic carbocycles. The van der Waals surface area contributed by atoms with Gasteiger partial charge in [-0.05, 0) is 22.9 Å². The summed E-state index contributed by atoms with van der Waals surface area (Å²) < 4.78 is 49.2. The highest BCUT2D eigenvalue weighted by Crippen LogP contribution is 2.33. The fourth-order valence-electron chi connectivity index (χ4n) is 0.970. The molecule has 0 amide bonds. The molecule has 7 heteroatoms. The van der Waals surface area contributed by atoms with Crippen molar-refractivity contribution in [2.24, 2.45) is 5.18 Å². The van der Waals surface area contributed by atoms with Crippen LogP contribution in [0.15, 0.2) is 23.4 Å². The molecule has 0 fully saturated rings. The first-order valence-corrected chi connectivity index (χ1v) is 4.13. The molecule has 1 unspecified atom stereocenters. The highest BCUT2D eigenvalue weighted by atomic mass is 35.5. The molecule has 0 aliphatic rings. The summed E-state index contributed by atoms with van der Waals surface area (Å²) in [4.78, 5) is 9.97. The van der Waals surface area contributed by atoms with Crippen molar-refractivity contribution in [1.82, 2.24) is 0 Å². The van der Waals surface area contributed by atoms with E-state index >= 15 is 0 Å². The number of hydrogen-bond donors (Lipinski definition) is 0. The van der Waals surface area contributed by atoms with Crippen LogP contribution in [0.1, 0.15) is 16.6 Å². The van der Waals surface area contributed by atoms with Crippen LogP contribution in [-0.2, 0) is 6.18 Å². The molecule has 1 atom stereocenters. The maximum absolute atomic E-state index is 12.9. The Balaban J connectivity index is 3.14. The molecule has 1 aromatic carbocycles. The van der Waals surface area contributed by atoms with Crippen molar-refractivity contribution < 1.29 is 17.6 Å². The largest absolute Gasteiger partial charge is 0.419 e. The first-order chi connectivity index (χ1) is 6.86. The van der Waals surface area contributed by atoms with E-state index in [1.807, 2.05) is 0 Å². The van der Waals surface area contributed by atoms with E-state index in [-0.39, 0.29) is 5.56 Å². The molecule has 0 aliphatic heterocycles. The Bertz CT molecular complexity index is 379. The van der Waals surface area contributed by atoms with Crippen molar-refractivity contribution in [3.05, 3.63) is 40.1 Å². The highest BCUT2D eigenvalue weighted by Gasteiger charge is 2.34. The highest BCUT2D eigenvalue weighted by molar-refractivity contribution is 6.20. The lowest BCUT2D eigenvalue weighted by molar-refractivity contribution is -0.140. The molecule has 0 saturated carbocycles. The number of nitroso groups, excluding NO2 is 1. The second-order valence-corrected chi connectivity index (χ2v) is 3.09. The van der Waals surface area contributed by atoms with Gasteiger partial charge in [-0.1, -0.05) is 17.7 Å². The van der Waals surface area contributed by atoms with Crippen molar-refractivity contribution >= 4 is 11.6 Å². The lowest BCUT2D eigenvalue weighted by atomic mass is 10.1. The number of rotatable bonds is 2. The van der Waals surface area contributed by atoms with Crippen LogP contribution < -0.4 is 0 Å². The average molecular weight is 242 g/mol. The van der Waals surface area contributed by atoms with Gasteiger partial charge in [-0.15, -0.1) is 4.91 Å². The fraction of sp³-hybridized carbons (Fsp3) is 0.250. The van der Waals surface area contributed by atoms with Crippen molar-refractivity contribution in [3.63, 3.8) is 0 Å². The summed E-state index contributed by atoms with van der Waals surface area (Å²) in [7, 11) is 0. The minimum atomic E-state index is -4.76. The van der Waals surface area contributed by atoms with E-state index < -0.39 is 23.1 Å². The molecule has 2 nitrogen and oxygen atoms in total. The van der Waals surface area contributed by atoms with E-state index in [1.165, 1.54) is 0 Å². The topological polar surface area (TPSA) is 29.4 Å². The van der Waals surface area contributed by atoms with Crippen LogP contribution in [0.3, 0.4) is 0 Å². The third-order valence-corrected chi connectivity index (χ3v) is 2.00. The van der Waals surface area contributed by atoms with Gasteiger partial charge in [0.1, 0.15) is 5.82 Å². The number of alkyl halides is 4. The summed E-state index contributed by atoms with van der Waals surface area (Å²) in [6, 6.07) is 1.97. The van der Waals surface area contributed by atoms with Gasteiger partial charge >= 0.3 is 6.18 Å². The van der Waals surface area contributed by atoms with Gasteiger partial charge < -0.3 is 0 Å². The molecule has 82 valence electrons. The van der Waals surface area contributed by atoms with Crippen molar-refractivity contribution in [2.45, 2.75) is 11.7 Å². The lowest BCUT2D eigenvalue weighted by Crippen LogP contribution is -2.08. The predicted octanol–water partition coefficient (Wildman–Crippen LogP) is 3.85. The maximum Gasteiger partial charge on any atom is 0.419 e. The summed E-state index contributed by atoms with van der Waals surface area (Å²) >= 11 is 5.30. The van der Waals surface area contributed by atoms with Gasteiger partial charge in [-0.2, -0.15) is 13.2 Å². The number of hydrogen-bond acceptors (Lipinski definition) is 2. The zero-order chi connectivity index (χ0) is 11.6. The minimum Gasteiger partial charge on any atom is -0.206 e. The summed E-state index contributed by atoms with van der Waals surface area (Å²) in [5.74, 6) is -1.48. The molecule has 0 radical (unpaired) electrons. The van der Waals surface area contributed by atoms with Crippen molar-refractivity contribution in [1.29, 1.82) is 0 Å². The summed E-state index contributed by atoms with van der Waals surface area (Å²) in [5.41, 5.74) is -2.90. The molecule has 1 rings (SSSR count). The second kappa shape index (κ2) is 4.14. The standard InChI is InChI=1S/C8H4ClF4NO/c9-7(14-15)4-1-2-5(6(10)3-4)8(11,12)13/h1-3,7H. The fourth-order valence-corrected chi connectivity index (χ4v) is 1.11. The van der Waals surface area contributed by atoms with Crippen LogP contribution in [0.25, 0.3) is 0 Å². The van der Waals surface area contributed by atoms with Crippen LogP contribution in [0.5, 0.6) is 0 Å². The molecule has 0 bridgehead atoms. The SMILES string of the molecule is O=NC(Cl)c1ccc(C(F)(F)F)c(F)c1. The van der Waals surface area contributed by atoms with Gasteiger partial charge in [-0.3, -0.25) is 0 Å². The Morgan fingerprint density at radius 2 is 1.93 bits per heavy atom. The van der Waals surface area contributed by atoms with Gasteiger partial charge in [-0.25, -0.2) is 4.39 Å². The van der Waals surface area contributed by atoms with Gasteiger partial charge in [0, 0.05) is 0 Å². The van der Waals surface area contributed by atoms with Crippen LogP contribution >= 0.6 is 11.6 Å². The normalized spacial score (nSPS) is 13.7. The number of halogens is 5. The smallest absolute Gasteiger partial charge is 0.206 e. The van der Waals surface area contributed by atoms with E-state index in [2.05, 4.69) is 5.18 Å². The molecule has 0 saturated heterocycles. The molecular weight excluding hydrogens is 238 g/mol. The lowest BCUT2D eigenvalue weighted by Gasteiger charge is -2.09. The molecule has 0 N–H and O–H groups in total. The first kappa shape index (κ1) is 11.9. The summed E-state index contributed by atoms with van der Waals surface area (Å²) in [5, 5.41) is 2.36. The third-order valence-electron chi connectivity index (χ3n) is 1.67. The molecule has 0 aromatic heterocycles. The summed E-state index contributed by atoms with van der Waals surface area (Å²) in [6.07, 6.45) is -4.76. The molecule has 15 heavy (non-hydrogen) atoms. The molecule has 1 aromatic rings. The number of nitrogens with zero attached hydrogens (tertiary/aromatic N) is 1. The molecular formula is C8H4ClF4NO. The van der Waals surface area contributed by atoms with E-state index in [0.717, 1.165) is 6.07 Å². The molecule has 0 heterocycles. The maximum atomic E-state index is 12.9. The first-order valence-electron chi connectivity index (χ1n) is 3.69. The Morgan fingerprint density at radius 1 is 1.33 bits per heavy atom. The number of benzene rings is 1. The Morgan fingerprint density at radius 3 is 2.33 bits per heavy atom. The van der Waals surface area contributed by atoms with Gasteiger partial charge in [0.25, 0.3) is 0 Å². The summed E-state index contributed by atoms with van der Waals surface area (Å²) in [6.45, 7) is 0. The Kier molecular flexibility index (Phi) is 3.28. The van der Waals surface area contributed by atoms with Gasteiger partial charge in [0.05, 0.1) is 5.56 Å². The van der Waals surface area contributed by atoms with Crippen molar-refractivity contribution in [2.75, 3.05) is 0 Å². The predicted molar refractivity (Wildman–Crippen MR) is 45.8 cm³/mol. The van der Waals surface area contributed by atoms with Gasteiger partial charge in [0.15, 0.2) is 5.50 Å². The quantitative estimate of drug-likeness (QED) is 0.335. The minimum absolute atomic E-state index is 0.114. The van der Waals surface area contributed by atoms with Crippen molar-refractivity contribution in [3.8, 4) is 0 Å².